The van der Waals surface area contributed by atoms with Gasteiger partial charge in [0.2, 0.25) is 0 Å². The van der Waals surface area contributed by atoms with Gasteiger partial charge in [-0.3, -0.25) is 4.79 Å². The second-order valence-electron chi connectivity index (χ2n) is 5.10. The first-order valence-electron chi connectivity index (χ1n) is 7.00. The summed E-state index contributed by atoms with van der Waals surface area (Å²) in [4.78, 5) is 16.8. The average molecular weight is 334 g/mol. The molecule has 0 spiro atoms. The van der Waals surface area contributed by atoms with E-state index in [-0.39, 0.29) is 5.91 Å². The molecular formula is C16H16ClN3OS. The molecule has 22 heavy (non-hydrogen) atoms. The molecular weight excluding hydrogens is 318 g/mol. The summed E-state index contributed by atoms with van der Waals surface area (Å²) in [5.41, 5.74) is 2.45. The Bertz CT molecular complexity index is 798. The van der Waals surface area contributed by atoms with Crippen LogP contribution in [0, 0.1) is 6.92 Å². The molecule has 1 aromatic carbocycles. The molecule has 0 fully saturated rings. The quantitative estimate of drug-likeness (QED) is 0.793. The normalized spacial score (nSPS) is 11.0. The molecule has 0 unspecified atom stereocenters. The summed E-state index contributed by atoms with van der Waals surface area (Å²) in [6.45, 7) is 2.52. The summed E-state index contributed by atoms with van der Waals surface area (Å²) >= 11 is 7.98. The first kappa shape index (κ1) is 15.1. The van der Waals surface area contributed by atoms with Crippen LogP contribution in [-0.4, -0.2) is 22.0 Å². The number of rotatable bonds is 4. The first-order chi connectivity index (χ1) is 10.6. The van der Waals surface area contributed by atoms with Gasteiger partial charge in [0.25, 0.3) is 5.91 Å². The Morgan fingerprint density at radius 2 is 2.18 bits per heavy atom. The number of thiazole rings is 1. The summed E-state index contributed by atoms with van der Waals surface area (Å²) < 4.78 is 1.83. The Balaban J connectivity index is 1.75. The lowest BCUT2D eigenvalue weighted by Gasteiger charge is -2.06. The molecule has 4 nitrogen and oxygen atoms in total. The van der Waals surface area contributed by atoms with E-state index in [4.69, 9.17) is 11.6 Å². The molecule has 0 bridgehead atoms. The van der Waals surface area contributed by atoms with E-state index in [2.05, 4.69) is 10.3 Å². The molecule has 1 amide bonds. The van der Waals surface area contributed by atoms with E-state index in [1.807, 2.05) is 48.2 Å². The third-order valence-corrected chi connectivity index (χ3v) is 4.80. The maximum absolute atomic E-state index is 12.4. The van der Waals surface area contributed by atoms with Crippen molar-refractivity contribution in [3.8, 4) is 0 Å². The number of hydrogen-bond acceptors (Lipinski definition) is 3. The van der Waals surface area contributed by atoms with Crippen LogP contribution in [0.5, 0.6) is 0 Å². The molecule has 114 valence electrons. The van der Waals surface area contributed by atoms with Gasteiger partial charge in [0.05, 0.1) is 15.7 Å². The van der Waals surface area contributed by atoms with Crippen LogP contribution in [0.4, 0.5) is 0 Å². The molecule has 0 saturated carbocycles. The zero-order chi connectivity index (χ0) is 15.7. The summed E-state index contributed by atoms with van der Waals surface area (Å²) in [5, 5.41) is 7.37. The number of benzene rings is 1. The van der Waals surface area contributed by atoms with Crippen molar-refractivity contribution in [2.24, 2.45) is 7.05 Å². The highest BCUT2D eigenvalue weighted by molar-refractivity contribution is 7.09. The lowest BCUT2D eigenvalue weighted by molar-refractivity contribution is 0.0946. The van der Waals surface area contributed by atoms with Crippen LogP contribution in [0.1, 0.15) is 21.2 Å². The van der Waals surface area contributed by atoms with E-state index in [1.54, 1.807) is 11.3 Å². The molecule has 0 atom stereocenters. The van der Waals surface area contributed by atoms with Crippen LogP contribution in [-0.2, 0) is 13.5 Å². The molecule has 2 aromatic heterocycles. The Kier molecular flexibility index (Phi) is 4.18. The molecule has 0 radical (unpaired) electrons. The number of carbonyl (C=O) groups is 1. The van der Waals surface area contributed by atoms with Gasteiger partial charge in [0.1, 0.15) is 5.69 Å². The van der Waals surface area contributed by atoms with Crippen LogP contribution in [0.2, 0.25) is 5.02 Å². The third-order valence-electron chi connectivity index (χ3n) is 3.59. The second-order valence-corrected chi connectivity index (χ2v) is 6.54. The lowest BCUT2D eigenvalue weighted by Crippen LogP contribution is -2.27. The molecule has 2 heterocycles. The minimum atomic E-state index is -0.157. The van der Waals surface area contributed by atoms with E-state index < -0.39 is 0 Å². The molecule has 3 aromatic rings. The fourth-order valence-electron chi connectivity index (χ4n) is 2.51. The van der Waals surface area contributed by atoms with Crippen LogP contribution in [0.15, 0.2) is 29.6 Å². The van der Waals surface area contributed by atoms with Gasteiger partial charge in [0, 0.05) is 36.3 Å². The van der Waals surface area contributed by atoms with E-state index in [1.165, 1.54) is 0 Å². The topological polar surface area (TPSA) is 46.9 Å². The van der Waals surface area contributed by atoms with Gasteiger partial charge in [-0.15, -0.1) is 11.3 Å². The van der Waals surface area contributed by atoms with Crippen molar-refractivity contribution in [2.75, 3.05) is 6.54 Å². The summed E-state index contributed by atoms with van der Waals surface area (Å²) in [6.07, 6.45) is 0.720. The summed E-state index contributed by atoms with van der Waals surface area (Å²) in [5.74, 6) is -0.157. The van der Waals surface area contributed by atoms with Crippen LogP contribution in [0.3, 0.4) is 0 Å². The molecule has 0 aliphatic carbocycles. The average Bonchev–Trinajstić information content (AvgIpc) is 3.02. The number of nitrogens with one attached hydrogen (secondary N) is 1. The van der Waals surface area contributed by atoms with Crippen molar-refractivity contribution in [1.29, 1.82) is 0 Å². The number of aromatic nitrogens is 2. The van der Waals surface area contributed by atoms with Crippen molar-refractivity contribution < 1.29 is 4.79 Å². The zero-order valence-electron chi connectivity index (χ0n) is 12.4. The minimum Gasteiger partial charge on any atom is -0.350 e. The predicted octanol–water partition coefficient (Wildman–Crippen LogP) is 3.57. The maximum atomic E-state index is 12.4. The van der Waals surface area contributed by atoms with Gasteiger partial charge in [-0.1, -0.05) is 29.8 Å². The number of carbonyl (C=O) groups excluding carboxylic acids is 1. The molecule has 0 saturated heterocycles. The summed E-state index contributed by atoms with van der Waals surface area (Å²) in [6, 6.07) is 7.73. The smallest absolute Gasteiger partial charge is 0.269 e. The highest BCUT2D eigenvalue weighted by Gasteiger charge is 2.19. The Hall–Kier alpha value is -1.85. The minimum absolute atomic E-state index is 0.157. The van der Waals surface area contributed by atoms with Gasteiger partial charge in [0.15, 0.2) is 0 Å². The molecule has 3 rings (SSSR count). The van der Waals surface area contributed by atoms with Gasteiger partial charge in [-0.25, -0.2) is 4.98 Å². The number of nitrogens with zero attached hydrogens (tertiary/aromatic N) is 2. The number of hydrogen-bond donors (Lipinski definition) is 1. The largest absolute Gasteiger partial charge is 0.350 e. The van der Waals surface area contributed by atoms with Gasteiger partial charge in [-0.05, 0) is 13.0 Å². The van der Waals surface area contributed by atoms with Crippen molar-refractivity contribution in [1.82, 2.24) is 14.9 Å². The number of para-hydroxylation sites is 1. The van der Waals surface area contributed by atoms with Crippen molar-refractivity contribution in [2.45, 2.75) is 13.3 Å². The van der Waals surface area contributed by atoms with E-state index >= 15 is 0 Å². The molecule has 1 N–H and O–H groups in total. The van der Waals surface area contributed by atoms with Crippen molar-refractivity contribution in [3.63, 3.8) is 0 Å². The SMILES string of the molecule is Cc1nc(CCNC(=O)c2c(Cl)c3ccccc3n2C)cs1. The first-order valence-corrected chi connectivity index (χ1v) is 8.26. The number of fused-ring (bicyclic) bond motifs is 1. The Morgan fingerprint density at radius 3 is 2.86 bits per heavy atom. The van der Waals surface area contributed by atoms with Gasteiger partial charge >= 0.3 is 0 Å². The lowest BCUT2D eigenvalue weighted by atomic mass is 10.2. The van der Waals surface area contributed by atoms with Gasteiger partial charge in [-0.2, -0.15) is 0 Å². The maximum Gasteiger partial charge on any atom is 0.269 e. The van der Waals surface area contributed by atoms with Gasteiger partial charge < -0.3 is 9.88 Å². The number of aryl methyl sites for hydroxylation is 2. The van der Waals surface area contributed by atoms with Crippen LogP contribution >= 0.6 is 22.9 Å². The fraction of sp³-hybridized carbons (Fsp3) is 0.250. The number of amides is 1. The fourth-order valence-corrected chi connectivity index (χ4v) is 3.53. The monoisotopic (exact) mass is 333 g/mol. The molecule has 0 aliphatic heterocycles. The summed E-state index contributed by atoms with van der Waals surface area (Å²) in [7, 11) is 1.85. The Labute approximate surface area is 137 Å². The zero-order valence-corrected chi connectivity index (χ0v) is 14.0. The van der Waals surface area contributed by atoms with E-state index in [0.29, 0.717) is 17.3 Å². The standard InChI is InChI=1S/C16H16ClN3OS/c1-10-19-11(9-22-10)7-8-18-16(21)15-14(17)12-5-3-4-6-13(12)20(15)2/h3-6,9H,7-8H2,1-2H3,(H,18,21). The predicted molar refractivity (Wildman–Crippen MR) is 90.8 cm³/mol. The van der Waals surface area contributed by atoms with E-state index in [0.717, 1.165) is 28.0 Å². The highest BCUT2D eigenvalue weighted by atomic mass is 35.5. The molecule has 6 heteroatoms. The van der Waals surface area contributed by atoms with Crippen molar-refractivity contribution in [3.05, 3.63) is 51.1 Å². The third kappa shape index (κ3) is 2.74. The van der Waals surface area contributed by atoms with Crippen molar-refractivity contribution >= 4 is 39.7 Å². The molecule has 0 aliphatic rings. The number of halogens is 1. The van der Waals surface area contributed by atoms with Crippen LogP contribution in [0.25, 0.3) is 10.9 Å². The Morgan fingerprint density at radius 1 is 1.41 bits per heavy atom. The van der Waals surface area contributed by atoms with E-state index in [9.17, 15) is 4.79 Å². The highest BCUT2D eigenvalue weighted by Crippen LogP contribution is 2.29. The second kappa shape index (κ2) is 6.10. The van der Waals surface area contributed by atoms with Crippen LogP contribution < -0.4 is 5.32 Å².